The fraction of sp³-hybridized carbons (Fsp3) is 0.200. The minimum absolute atomic E-state index is 0.275. The number of hydrogen-bond donors (Lipinski definition) is 1. The molecule has 0 aliphatic heterocycles. The number of aromatic nitrogens is 1. The maximum absolute atomic E-state index is 12.2. The van der Waals surface area contributed by atoms with Crippen molar-refractivity contribution in [2.75, 3.05) is 5.32 Å². The van der Waals surface area contributed by atoms with Crippen molar-refractivity contribution in [3.05, 3.63) is 71.6 Å². The van der Waals surface area contributed by atoms with Crippen LogP contribution < -0.4 is 10.1 Å². The predicted octanol–water partition coefficient (Wildman–Crippen LogP) is 4.91. The van der Waals surface area contributed by atoms with Gasteiger partial charge in [0.15, 0.2) is 5.69 Å². The van der Waals surface area contributed by atoms with E-state index in [1.165, 1.54) is 5.56 Å². The third kappa shape index (κ3) is 3.71. The van der Waals surface area contributed by atoms with E-state index in [2.05, 4.69) is 10.5 Å². The van der Waals surface area contributed by atoms with Crippen LogP contribution in [-0.2, 0) is 0 Å². The molecule has 0 unspecified atom stereocenters. The first-order chi connectivity index (χ1) is 12.2. The van der Waals surface area contributed by atoms with E-state index in [-0.39, 0.29) is 5.91 Å². The van der Waals surface area contributed by atoms with E-state index in [1.807, 2.05) is 43.3 Å². The third-order valence-electron chi connectivity index (χ3n) is 4.11. The molecule has 1 amide bonds. The molecule has 0 radical (unpaired) electrons. The van der Waals surface area contributed by atoms with Gasteiger partial charge < -0.3 is 14.6 Å². The number of benzene rings is 2. The highest BCUT2D eigenvalue weighted by Gasteiger charge is 2.28. The Morgan fingerprint density at radius 2 is 1.72 bits per heavy atom. The van der Waals surface area contributed by atoms with Gasteiger partial charge in [0.1, 0.15) is 17.3 Å². The Hall–Kier alpha value is -3.08. The Morgan fingerprint density at radius 3 is 2.36 bits per heavy atom. The van der Waals surface area contributed by atoms with Crippen molar-refractivity contribution >= 4 is 11.6 Å². The number of anilines is 1. The number of rotatable bonds is 5. The average molecular weight is 334 g/mol. The standard InChI is InChI=1S/C20H18N2O3/c1-13-2-8-16(9-3-13)24-17-10-6-15(7-11-17)21-20(23)18-12-19(25-22-18)14-4-5-14/h2-3,6-12,14H,4-5H2,1H3,(H,21,23). The first-order valence-electron chi connectivity index (χ1n) is 8.30. The lowest BCUT2D eigenvalue weighted by Gasteiger charge is -2.07. The summed E-state index contributed by atoms with van der Waals surface area (Å²) in [5.74, 6) is 2.44. The second-order valence-corrected chi connectivity index (χ2v) is 6.28. The van der Waals surface area contributed by atoms with Gasteiger partial charge >= 0.3 is 0 Å². The van der Waals surface area contributed by atoms with Gasteiger partial charge in [-0.2, -0.15) is 0 Å². The number of carbonyl (C=O) groups excluding carboxylic acids is 1. The van der Waals surface area contributed by atoms with E-state index in [1.54, 1.807) is 18.2 Å². The zero-order chi connectivity index (χ0) is 17.2. The number of carbonyl (C=O) groups is 1. The molecule has 4 rings (SSSR count). The summed E-state index contributed by atoms with van der Waals surface area (Å²) in [6.45, 7) is 2.03. The molecule has 2 aromatic carbocycles. The topological polar surface area (TPSA) is 64.4 Å². The molecule has 1 fully saturated rings. The molecule has 25 heavy (non-hydrogen) atoms. The normalized spacial score (nSPS) is 13.5. The van der Waals surface area contributed by atoms with Gasteiger partial charge in [0.05, 0.1) is 0 Å². The van der Waals surface area contributed by atoms with Crippen LogP contribution in [0.25, 0.3) is 0 Å². The van der Waals surface area contributed by atoms with Crippen LogP contribution in [0.1, 0.15) is 40.6 Å². The minimum atomic E-state index is -0.275. The third-order valence-corrected chi connectivity index (χ3v) is 4.11. The predicted molar refractivity (Wildman–Crippen MR) is 94.1 cm³/mol. The summed E-state index contributed by atoms with van der Waals surface area (Å²) >= 11 is 0. The maximum atomic E-state index is 12.2. The molecule has 126 valence electrons. The summed E-state index contributed by atoms with van der Waals surface area (Å²) in [5, 5.41) is 6.65. The largest absolute Gasteiger partial charge is 0.457 e. The highest BCUT2D eigenvalue weighted by molar-refractivity contribution is 6.02. The van der Waals surface area contributed by atoms with Gasteiger partial charge in [0.2, 0.25) is 0 Å². The van der Waals surface area contributed by atoms with Crippen molar-refractivity contribution in [2.45, 2.75) is 25.7 Å². The van der Waals surface area contributed by atoms with Crippen LogP contribution in [0, 0.1) is 6.92 Å². The Labute approximate surface area is 145 Å². The molecule has 1 aliphatic carbocycles. The van der Waals surface area contributed by atoms with Gasteiger partial charge in [-0.15, -0.1) is 0 Å². The lowest BCUT2D eigenvalue weighted by Crippen LogP contribution is -2.12. The van der Waals surface area contributed by atoms with E-state index < -0.39 is 0 Å². The summed E-state index contributed by atoms with van der Waals surface area (Å²) in [6.07, 6.45) is 2.22. The van der Waals surface area contributed by atoms with Gasteiger partial charge in [0, 0.05) is 17.7 Å². The molecule has 0 saturated heterocycles. The second kappa shape index (κ2) is 6.43. The molecular weight excluding hydrogens is 316 g/mol. The van der Waals surface area contributed by atoms with Crippen LogP contribution in [-0.4, -0.2) is 11.1 Å². The molecule has 1 heterocycles. The van der Waals surface area contributed by atoms with Crippen LogP contribution >= 0.6 is 0 Å². The van der Waals surface area contributed by atoms with Crippen molar-refractivity contribution in [1.29, 1.82) is 0 Å². The van der Waals surface area contributed by atoms with Crippen LogP contribution in [0.2, 0.25) is 0 Å². The minimum Gasteiger partial charge on any atom is -0.457 e. The van der Waals surface area contributed by atoms with Crippen molar-refractivity contribution in [1.82, 2.24) is 5.16 Å². The van der Waals surface area contributed by atoms with Gasteiger partial charge in [-0.3, -0.25) is 4.79 Å². The SMILES string of the molecule is Cc1ccc(Oc2ccc(NC(=O)c3cc(C4CC4)on3)cc2)cc1. The molecule has 0 spiro atoms. The fourth-order valence-electron chi connectivity index (χ4n) is 2.50. The molecule has 5 heteroatoms. The molecule has 5 nitrogen and oxygen atoms in total. The van der Waals surface area contributed by atoms with Crippen LogP contribution in [0.5, 0.6) is 11.5 Å². The van der Waals surface area contributed by atoms with Gasteiger partial charge in [0.25, 0.3) is 5.91 Å². The number of hydrogen-bond acceptors (Lipinski definition) is 4. The Morgan fingerprint density at radius 1 is 1.08 bits per heavy atom. The van der Waals surface area contributed by atoms with Crippen molar-refractivity contribution in [2.24, 2.45) is 0 Å². The second-order valence-electron chi connectivity index (χ2n) is 6.28. The van der Waals surface area contributed by atoms with Gasteiger partial charge in [-0.25, -0.2) is 0 Å². The quantitative estimate of drug-likeness (QED) is 0.720. The van der Waals surface area contributed by atoms with Crippen LogP contribution in [0.15, 0.2) is 59.1 Å². The highest BCUT2D eigenvalue weighted by atomic mass is 16.5. The van der Waals surface area contributed by atoms with Crippen LogP contribution in [0.4, 0.5) is 5.69 Å². The summed E-state index contributed by atoms with van der Waals surface area (Å²) in [4.78, 5) is 12.2. The lowest BCUT2D eigenvalue weighted by molar-refractivity contribution is 0.101. The molecular formula is C20H18N2O3. The van der Waals surface area contributed by atoms with Gasteiger partial charge in [-0.1, -0.05) is 22.9 Å². The number of nitrogens with one attached hydrogen (secondary N) is 1. The zero-order valence-corrected chi connectivity index (χ0v) is 13.9. The van der Waals surface area contributed by atoms with Crippen molar-refractivity contribution in [3.63, 3.8) is 0 Å². The molecule has 1 saturated carbocycles. The number of aryl methyl sites for hydroxylation is 1. The Bertz CT molecular complexity index is 878. The molecule has 0 bridgehead atoms. The van der Waals surface area contributed by atoms with E-state index >= 15 is 0 Å². The Balaban J connectivity index is 1.39. The van der Waals surface area contributed by atoms with Gasteiger partial charge in [-0.05, 0) is 56.2 Å². The number of amides is 1. The summed E-state index contributed by atoms with van der Waals surface area (Å²) in [7, 11) is 0. The Kier molecular flexibility index (Phi) is 3.98. The highest BCUT2D eigenvalue weighted by Crippen LogP contribution is 2.40. The van der Waals surface area contributed by atoms with E-state index in [0.29, 0.717) is 23.0 Å². The summed E-state index contributed by atoms with van der Waals surface area (Å²) in [5.41, 5.74) is 2.17. The molecule has 1 aliphatic rings. The molecule has 1 aromatic heterocycles. The molecule has 0 atom stereocenters. The lowest BCUT2D eigenvalue weighted by atomic mass is 10.2. The van der Waals surface area contributed by atoms with E-state index in [4.69, 9.17) is 9.26 Å². The monoisotopic (exact) mass is 334 g/mol. The summed E-state index contributed by atoms with van der Waals surface area (Å²) in [6, 6.07) is 16.8. The molecule has 1 N–H and O–H groups in total. The fourth-order valence-corrected chi connectivity index (χ4v) is 2.50. The smallest absolute Gasteiger partial charge is 0.277 e. The maximum Gasteiger partial charge on any atom is 0.277 e. The number of nitrogens with zero attached hydrogens (tertiary/aromatic N) is 1. The first-order valence-corrected chi connectivity index (χ1v) is 8.30. The number of ether oxygens (including phenoxy) is 1. The van der Waals surface area contributed by atoms with Crippen molar-refractivity contribution in [3.8, 4) is 11.5 Å². The average Bonchev–Trinajstić information content (AvgIpc) is 3.35. The van der Waals surface area contributed by atoms with Crippen molar-refractivity contribution < 1.29 is 14.1 Å². The van der Waals surface area contributed by atoms with Crippen LogP contribution in [0.3, 0.4) is 0 Å². The molecule has 3 aromatic rings. The first kappa shape index (κ1) is 15.4. The summed E-state index contributed by atoms with van der Waals surface area (Å²) < 4.78 is 11.0. The van der Waals surface area contributed by atoms with E-state index in [9.17, 15) is 4.79 Å². The zero-order valence-electron chi connectivity index (χ0n) is 13.9. The van der Waals surface area contributed by atoms with E-state index in [0.717, 1.165) is 24.4 Å².